The topological polar surface area (TPSA) is 0 Å². The number of allylic oxidation sites excluding steroid dienone is 4. The Labute approximate surface area is 195 Å². The summed E-state index contributed by atoms with van der Waals surface area (Å²) in [7, 11) is -5.23. The SMILES string of the molecule is C[Si](C)(Cl)Cc1ccc([Si](C)(CC2C=CC([Si](C)(C)Cl)=CC2)c2ccccc2)cc1. The summed E-state index contributed by atoms with van der Waals surface area (Å²) in [4.78, 5) is 0. The molecule has 0 bridgehead atoms. The van der Waals surface area contributed by atoms with Crippen LogP contribution in [0.4, 0.5) is 0 Å². The zero-order valence-electron chi connectivity index (χ0n) is 18.9. The molecule has 1 aliphatic rings. The Kier molecular flexibility index (Phi) is 7.41. The molecule has 0 radical (unpaired) electrons. The van der Waals surface area contributed by atoms with Gasteiger partial charge in [-0.3, -0.25) is 0 Å². The second kappa shape index (κ2) is 9.33. The largest absolute Gasteiger partial charge is 0.180 e. The van der Waals surface area contributed by atoms with Crippen LogP contribution in [0.2, 0.25) is 38.8 Å². The van der Waals surface area contributed by atoms with Gasteiger partial charge in [0.1, 0.15) is 8.07 Å². The maximum absolute atomic E-state index is 6.67. The van der Waals surface area contributed by atoms with E-state index in [1.54, 1.807) is 0 Å². The van der Waals surface area contributed by atoms with Crippen LogP contribution in [0.3, 0.4) is 0 Å². The highest BCUT2D eigenvalue weighted by atomic mass is 35.6. The Morgan fingerprint density at radius 2 is 1.43 bits per heavy atom. The van der Waals surface area contributed by atoms with Crippen LogP contribution in [0.15, 0.2) is 78.0 Å². The zero-order valence-corrected chi connectivity index (χ0v) is 23.4. The van der Waals surface area contributed by atoms with Crippen molar-refractivity contribution in [1.29, 1.82) is 0 Å². The Morgan fingerprint density at radius 1 is 0.833 bits per heavy atom. The first kappa shape index (κ1) is 23.8. The van der Waals surface area contributed by atoms with Gasteiger partial charge in [0.15, 0.2) is 14.8 Å². The monoisotopic (exact) mass is 488 g/mol. The van der Waals surface area contributed by atoms with Gasteiger partial charge in [-0.25, -0.2) is 0 Å². The fourth-order valence-corrected chi connectivity index (χ4v) is 11.6. The van der Waals surface area contributed by atoms with Crippen molar-refractivity contribution in [2.75, 3.05) is 0 Å². The predicted molar refractivity (Wildman–Crippen MR) is 144 cm³/mol. The van der Waals surface area contributed by atoms with Crippen LogP contribution >= 0.6 is 22.2 Å². The highest BCUT2D eigenvalue weighted by molar-refractivity contribution is 7.23. The van der Waals surface area contributed by atoms with Crippen molar-refractivity contribution in [1.82, 2.24) is 0 Å². The molecule has 0 N–H and O–H groups in total. The summed E-state index contributed by atoms with van der Waals surface area (Å²) >= 11 is 13.3. The lowest BCUT2D eigenvalue weighted by atomic mass is 10.0. The normalized spacial score (nSPS) is 19.3. The molecule has 2 atom stereocenters. The van der Waals surface area contributed by atoms with Crippen LogP contribution in [0, 0.1) is 5.92 Å². The molecule has 160 valence electrons. The molecule has 1 aliphatic carbocycles. The molecule has 30 heavy (non-hydrogen) atoms. The molecule has 2 aromatic carbocycles. The minimum absolute atomic E-state index is 0.576. The van der Waals surface area contributed by atoms with Gasteiger partial charge < -0.3 is 0 Å². The van der Waals surface area contributed by atoms with E-state index in [9.17, 15) is 0 Å². The van der Waals surface area contributed by atoms with Gasteiger partial charge in [0.05, 0.1) is 0 Å². The van der Waals surface area contributed by atoms with Gasteiger partial charge in [0.2, 0.25) is 0 Å². The Morgan fingerprint density at radius 3 is 1.93 bits per heavy atom. The first-order chi connectivity index (χ1) is 14.0. The summed E-state index contributed by atoms with van der Waals surface area (Å²) in [6.45, 7) is 11.4. The molecule has 2 unspecified atom stereocenters. The summed E-state index contributed by atoms with van der Waals surface area (Å²) < 4.78 is 0. The fraction of sp³-hybridized carbons (Fsp3) is 0.360. The smallest absolute Gasteiger partial charge is 0.167 e. The molecule has 0 aliphatic heterocycles. The molecule has 0 spiro atoms. The van der Waals surface area contributed by atoms with Crippen molar-refractivity contribution >= 4 is 55.4 Å². The number of benzene rings is 2. The summed E-state index contributed by atoms with van der Waals surface area (Å²) in [5.74, 6) is 0.576. The standard InChI is InChI=1S/C25H34Cl2Si3/c1-28(2,26)19-21-13-17-25(18-14-21)30(5,24-9-7-6-8-10-24)20-22-11-15-23(16-12-22)29(3,4)27/h6-11,13-18,22H,12,19-20H2,1-5H3. The summed E-state index contributed by atoms with van der Waals surface area (Å²) in [6, 6.07) is 22.8. The molecule has 0 amide bonds. The molecule has 0 fully saturated rings. The zero-order chi connectivity index (χ0) is 22.0. The van der Waals surface area contributed by atoms with Crippen LogP contribution in [0.1, 0.15) is 12.0 Å². The summed E-state index contributed by atoms with van der Waals surface area (Å²) in [5, 5.41) is 4.41. The summed E-state index contributed by atoms with van der Waals surface area (Å²) in [6.07, 6.45) is 8.24. The second-order valence-corrected chi connectivity index (χ2v) is 27.4. The average molecular weight is 490 g/mol. The van der Waals surface area contributed by atoms with Crippen molar-refractivity contribution in [3.8, 4) is 0 Å². The molecule has 0 aromatic heterocycles. The van der Waals surface area contributed by atoms with Crippen molar-refractivity contribution in [3.05, 3.63) is 83.6 Å². The number of halogens is 2. The Bertz CT molecular complexity index is 906. The van der Waals surface area contributed by atoms with E-state index in [4.69, 9.17) is 22.2 Å². The molecule has 0 saturated carbocycles. The van der Waals surface area contributed by atoms with Crippen molar-refractivity contribution in [2.45, 2.75) is 51.2 Å². The maximum Gasteiger partial charge on any atom is 0.180 e. The van der Waals surface area contributed by atoms with Gasteiger partial charge in [-0.2, -0.15) is 22.2 Å². The van der Waals surface area contributed by atoms with E-state index in [0.29, 0.717) is 5.92 Å². The first-order valence-electron chi connectivity index (χ1n) is 10.9. The van der Waals surface area contributed by atoms with E-state index in [-0.39, 0.29) is 0 Å². The molecular weight excluding hydrogens is 455 g/mol. The third kappa shape index (κ3) is 6.10. The lowest BCUT2D eigenvalue weighted by molar-refractivity contribution is 0.723. The van der Waals surface area contributed by atoms with Gasteiger partial charge in [0, 0.05) is 0 Å². The van der Waals surface area contributed by atoms with E-state index >= 15 is 0 Å². The molecular formula is C25H34Cl2Si3. The number of rotatable bonds is 7. The minimum Gasteiger partial charge on any atom is -0.167 e. The van der Waals surface area contributed by atoms with Crippen LogP contribution in [-0.2, 0) is 6.04 Å². The predicted octanol–water partition coefficient (Wildman–Crippen LogP) is 6.89. The Hall–Kier alpha value is -0.849. The van der Waals surface area contributed by atoms with Crippen molar-refractivity contribution < 1.29 is 0 Å². The number of hydrogen-bond acceptors (Lipinski definition) is 0. The summed E-state index contributed by atoms with van der Waals surface area (Å²) in [5.41, 5.74) is 1.37. The lowest BCUT2D eigenvalue weighted by Gasteiger charge is -2.33. The highest BCUT2D eigenvalue weighted by Gasteiger charge is 2.35. The van der Waals surface area contributed by atoms with E-state index in [0.717, 1.165) is 12.5 Å². The van der Waals surface area contributed by atoms with Crippen LogP contribution in [-0.4, -0.2) is 22.8 Å². The van der Waals surface area contributed by atoms with Gasteiger partial charge >= 0.3 is 0 Å². The highest BCUT2D eigenvalue weighted by Crippen LogP contribution is 2.30. The van der Waals surface area contributed by atoms with Crippen LogP contribution in [0.25, 0.3) is 0 Å². The van der Waals surface area contributed by atoms with Crippen LogP contribution < -0.4 is 10.4 Å². The quantitative estimate of drug-likeness (QED) is 0.293. The minimum atomic E-state index is -1.86. The molecule has 2 aromatic rings. The number of hydrogen-bond donors (Lipinski definition) is 0. The molecule has 3 rings (SSSR count). The van der Waals surface area contributed by atoms with Crippen molar-refractivity contribution in [3.63, 3.8) is 0 Å². The van der Waals surface area contributed by atoms with E-state index in [2.05, 4.69) is 106 Å². The molecule has 0 heterocycles. The van der Waals surface area contributed by atoms with E-state index in [1.165, 1.54) is 27.2 Å². The molecule has 0 saturated heterocycles. The van der Waals surface area contributed by atoms with Gasteiger partial charge in [-0.15, -0.1) is 0 Å². The maximum atomic E-state index is 6.67. The third-order valence-corrected chi connectivity index (χ3v) is 14.8. The third-order valence-electron chi connectivity index (χ3n) is 6.17. The van der Waals surface area contributed by atoms with E-state index in [1.807, 2.05) is 0 Å². The molecule has 0 nitrogen and oxygen atoms in total. The van der Waals surface area contributed by atoms with Gasteiger partial charge in [-0.05, 0) is 35.2 Å². The average Bonchev–Trinajstić information content (AvgIpc) is 2.67. The van der Waals surface area contributed by atoms with Crippen LogP contribution in [0.5, 0.6) is 0 Å². The second-order valence-electron chi connectivity index (χ2n) is 9.98. The van der Waals surface area contributed by atoms with Gasteiger partial charge in [-0.1, -0.05) is 116 Å². The van der Waals surface area contributed by atoms with Crippen molar-refractivity contribution in [2.24, 2.45) is 5.92 Å². The fourth-order valence-electron chi connectivity index (χ4n) is 4.47. The Balaban J connectivity index is 1.88. The van der Waals surface area contributed by atoms with E-state index < -0.39 is 22.8 Å². The lowest BCUT2D eigenvalue weighted by Crippen LogP contribution is -2.56. The first-order valence-corrected chi connectivity index (χ1v) is 21.8. The molecule has 5 heteroatoms. The van der Waals surface area contributed by atoms with Gasteiger partial charge in [0.25, 0.3) is 0 Å².